The topological polar surface area (TPSA) is 48.1 Å². The molecule has 1 saturated heterocycles. The minimum absolute atomic E-state index is 0.450. The average Bonchev–Trinajstić information content (AvgIpc) is 2.68. The summed E-state index contributed by atoms with van der Waals surface area (Å²) in [6, 6.07) is 0. The van der Waals surface area contributed by atoms with Crippen LogP contribution < -0.4 is 0 Å². The molecule has 0 aromatic carbocycles. The fourth-order valence-electron chi connectivity index (χ4n) is 0.723. The van der Waals surface area contributed by atoms with E-state index >= 15 is 0 Å². The zero-order valence-corrected chi connectivity index (χ0v) is 7.18. The maximum absolute atomic E-state index is 11.5. The normalized spacial score (nSPS) is 32.3. The van der Waals surface area contributed by atoms with Crippen molar-refractivity contribution in [1.29, 1.82) is 0 Å². The predicted molar refractivity (Wildman–Crippen MR) is 36.0 cm³/mol. The first kappa shape index (κ1) is 8.21. The molecule has 0 spiro atoms. The van der Waals surface area contributed by atoms with Crippen LogP contribution in [0.3, 0.4) is 0 Å². The summed E-state index contributed by atoms with van der Waals surface area (Å²) < 4.78 is 25.8. The van der Waals surface area contributed by atoms with Gasteiger partial charge in [0.15, 0.2) is 5.34 Å². The molecule has 60 valence electrons. The van der Waals surface area contributed by atoms with E-state index in [1.807, 2.05) is 0 Å². The summed E-state index contributed by atoms with van der Waals surface area (Å²) >= 11 is 0. The third kappa shape index (κ3) is 1.01. The molecule has 0 N–H and O–H groups in total. The fraction of sp³-hybridized carbons (Fsp3) is 1.00. The van der Waals surface area contributed by atoms with Crippen LogP contribution in [0.15, 0.2) is 0 Å². The standard InChI is InChI=1S/C5H11O4P/c1-5(4-9-5)10(6,7-2)8-3/h4H2,1-3H3. The lowest BCUT2D eigenvalue weighted by Crippen LogP contribution is -2.08. The Morgan fingerprint density at radius 3 is 2.00 bits per heavy atom. The lowest BCUT2D eigenvalue weighted by molar-refractivity contribution is 0.235. The summed E-state index contributed by atoms with van der Waals surface area (Å²) in [5.74, 6) is 0. The highest BCUT2D eigenvalue weighted by Crippen LogP contribution is 2.65. The van der Waals surface area contributed by atoms with Gasteiger partial charge in [0.2, 0.25) is 0 Å². The number of epoxide rings is 1. The van der Waals surface area contributed by atoms with Gasteiger partial charge in [-0.25, -0.2) is 0 Å². The summed E-state index contributed by atoms with van der Waals surface area (Å²) in [6.45, 7) is 2.16. The average molecular weight is 166 g/mol. The quantitative estimate of drug-likeness (QED) is 0.467. The molecule has 1 fully saturated rings. The number of ether oxygens (including phenoxy) is 1. The molecule has 1 aliphatic heterocycles. The smallest absolute Gasteiger partial charge is 0.356 e. The molecule has 0 amide bonds. The van der Waals surface area contributed by atoms with Crippen LogP contribution in [0.25, 0.3) is 0 Å². The van der Waals surface area contributed by atoms with Gasteiger partial charge in [-0.15, -0.1) is 0 Å². The summed E-state index contributed by atoms with van der Waals surface area (Å²) in [7, 11) is -0.259. The summed E-state index contributed by atoms with van der Waals surface area (Å²) in [6.07, 6.45) is 0. The van der Waals surface area contributed by atoms with Gasteiger partial charge in [0.05, 0.1) is 6.61 Å². The second-order valence-electron chi connectivity index (χ2n) is 2.33. The van der Waals surface area contributed by atoms with Gasteiger partial charge in [-0.3, -0.25) is 4.57 Å². The molecular weight excluding hydrogens is 155 g/mol. The zero-order valence-electron chi connectivity index (χ0n) is 6.29. The van der Waals surface area contributed by atoms with E-state index < -0.39 is 12.9 Å². The minimum atomic E-state index is -2.98. The van der Waals surface area contributed by atoms with Crippen molar-refractivity contribution in [3.63, 3.8) is 0 Å². The van der Waals surface area contributed by atoms with Gasteiger partial charge in [0.25, 0.3) is 0 Å². The van der Waals surface area contributed by atoms with Crippen LogP contribution in [0.1, 0.15) is 6.92 Å². The Bertz CT molecular complexity index is 166. The molecular formula is C5H11O4P. The SMILES string of the molecule is COP(=O)(OC)C1(C)CO1. The minimum Gasteiger partial charge on any atom is -0.356 e. The van der Waals surface area contributed by atoms with E-state index in [2.05, 4.69) is 0 Å². The first-order valence-corrected chi connectivity index (χ1v) is 4.48. The Balaban J connectivity index is 2.74. The van der Waals surface area contributed by atoms with Crippen molar-refractivity contribution in [1.82, 2.24) is 0 Å². The Labute approximate surface area is 60.0 Å². The van der Waals surface area contributed by atoms with Crippen molar-refractivity contribution >= 4 is 7.60 Å². The molecule has 1 unspecified atom stereocenters. The van der Waals surface area contributed by atoms with Crippen molar-refractivity contribution in [3.8, 4) is 0 Å². The van der Waals surface area contributed by atoms with Gasteiger partial charge >= 0.3 is 7.60 Å². The lowest BCUT2D eigenvalue weighted by atomic mass is 10.6. The van der Waals surface area contributed by atoms with E-state index in [4.69, 9.17) is 13.8 Å². The molecule has 0 aromatic heterocycles. The fourth-order valence-corrected chi connectivity index (χ4v) is 2.03. The summed E-state index contributed by atoms with van der Waals surface area (Å²) in [4.78, 5) is 0. The number of hydrogen-bond acceptors (Lipinski definition) is 4. The Kier molecular flexibility index (Phi) is 1.90. The molecule has 0 saturated carbocycles. The van der Waals surface area contributed by atoms with Gasteiger partial charge in [0.1, 0.15) is 0 Å². The zero-order chi connectivity index (χ0) is 7.83. The van der Waals surface area contributed by atoms with Crippen molar-refractivity contribution in [2.45, 2.75) is 12.3 Å². The number of rotatable bonds is 3. The van der Waals surface area contributed by atoms with Crippen molar-refractivity contribution in [2.24, 2.45) is 0 Å². The second kappa shape index (κ2) is 2.31. The molecule has 0 bridgehead atoms. The van der Waals surface area contributed by atoms with Gasteiger partial charge in [-0.2, -0.15) is 0 Å². The van der Waals surface area contributed by atoms with Crippen LogP contribution in [-0.2, 0) is 18.3 Å². The molecule has 0 aromatic rings. The first-order chi connectivity index (χ1) is 4.58. The predicted octanol–water partition coefficient (Wildman–Crippen LogP) is 1.22. The molecule has 0 aliphatic carbocycles. The molecule has 1 aliphatic rings. The third-order valence-corrected chi connectivity index (χ3v) is 4.00. The van der Waals surface area contributed by atoms with Gasteiger partial charge < -0.3 is 13.8 Å². The van der Waals surface area contributed by atoms with Crippen LogP contribution in [0.2, 0.25) is 0 Å². The van der Waals surface area contributed by atoms with Crippen LogP contribution in [0, 0.1) is 0 Å². The maximum Gasteiger partial charge on any atom is 0.363 e. The highest BCUT2D eigenvalue weighted by Gasteiger charge is 2.58. The molecule has 1 atom stereocenters. The largest absolute Gasteiger partial charge is 0.363 e. The molecule has 10 heavy (non-hydrogen) atoms. The van der Waals surface area contributed by atoms with E-state index in [-0.39, 0.29) is 0 Å². The monoisotopic (exact) mass is 166 g/mol. The molecule has 1 rings (SSSR count). The summed E-state index contributed by atoms with van der Waals surface area (Å²) in [5, 5.41) is -0.684. The lowest BCUT2D eigenvalue weighted by Gasteiger charge is -2.16. The third-order valence-electron chi connectivity index (χ3n) is 1.62. The Hall–Kier alpha value is 0.110. The van der Waals surface area contributed by atoms with E-state index in [0.29, 0.717) is 6.61 Å². The highest BCUT2D eigenvalue weighted by atomic mass is 31.2. The van der Waals surface area contributed by atoms with E-state index in [1.54, 1.807) is 6.92 Å². The molecule has 0 radical (unpaired) electrons. The Morgan fingerprint density at radius 2 is 1.90 bits per heavy atom. The second-order valence-corrected chi connectivity index (χ2v) is 5.00. The molecule has 1 heterocycles. The van der Waals surface area contributed by atoms with E-state index in [1.165, 1.54) is 14.2 Å². The maximum atomic E-state index is 11.5. The Morgan fingerprint density at radius 1 is 1.50 bits per heavy atom. The van der Waals surface area contributed by atoms with Gasteiger partial charge in [-0.05, 0) is 6.92 Å². The highest BCUT2D eigenvalue weighted by molar-refractivity contribution is 7.55. The van der Waals surface area contributed by atoms with Crippen molar-refractivity contribution in [2.75, 3.05) is 20.8 Å². The molecule has 5 heteroatoms. The van der Waals surface area contributed by atoms with Crippen molar-refractivity contribution < 1.29 is 18.3 Å². The first-order valence-electron chi connectivity index (χ1n) is 2.93. The van der Waals surface area contributed by atoms with E-state index in [9.17, 15) is 4.57 Å². The molecule has 4 nitrogen and oxygen atoms in total. The van der Waals surface area contributed by atoms with Gasteiger partial charge in [-0.1, -0.05) is 0 Å². The van der Waals surface area contributed by atoms with Crippen LogP contribution in [0.4, 0.5) is 0 Å². The van der Waals surface area contributed by atoms with Gasteiger partial charge in [0, 0.05) is 14.2 Å². The van der Waals surface area contributed by atoms with E-state index in [0.717, 1.165) is 0 Å². The summed E-state index contributed by atoms with van der Waals surface area (Å²) in [5.41, 5.74) is 0. The number of hydrogen-bond donors (Lipinski definition) is 0. The van der Waals surface area contributed by atoms with Crippen molar-refractivity contribution in [3.05, 3.63) is 0 Å². The van der Waals surface area contributed by atoms with Crippen LogP contribution >= 0.6 is 7.60 Å². The van der Waals surface area contributed by atoms with Crippen LogP contribution in [0.5, 0.6) is 0 Å². The van der Waals surface area contributed by atoms with Crippen LogP contribution in [-0.4, -0.2) is 26.2 Å².